The zero-order valence-electron chi connectivity index (χ0n) is 16.5. The summed E-state index contributed by atoms with van der Waals surface area (Å²) in [5, 5.41) is 0. The van der Waals surface area contributed by atoms with Gasteiger partial charge < -0.3 is 14.5 Å². The largest absolute Gasteiger partial charge is 0.378 e. The average molecular weight is 386 g/mol. The van der Waals surface area contributed by atoms with Crippen molar-refractivity contribution in [3.8, 4) is 0 Å². The van der Waals surface area contributed by atoms with Crippen LogP contribution in [0.5, 0.6) is 0 Å². The van der Waals surface area contributed by atoms with Crippen LogP contribution in [0, 0.1) is 0 Å². The summed E-state index contributed by atoms with van der Waals surface area (Å²) in [5.74, 6) is 0.378. The molecular weight excluding hydrogens is 356 g/mol. The van der Waals surface area contributed by atoms with Crippen molar-refractivity contribution in [2.24, 2.45) is 0 Å². The van der Waals surface area contributed by atoms with Crippen molar-refractivity contribution in [2.75, 3.05) is 77.0 Å². The topological polar surface area (TPSA) is 56.3 Å². The minimum atomic E-state index is 0.185. The van der Waals surface area contributed by atoms with Crippen LogP contribution in [-0.4, -0.2) is 98.6 Å². The van der Waals surface area contributed by atoms with Gasteiger partial charge in [0.15, 0.2) is 0 Å². The smallest absolute Gasteiger partial charge is 0.241 e. The first-order valence-electron chi connectivity index (χ1n) is 10.4. The van der Waals surface area contributed by atoms with E-state index in [1.54, 1.807) is 0 Å². The fourth-order valence-electron chi connectivity index (χ4n) is 4.28. The van der Waals surface area contributed by atoms with Gasteiger partial charge in [0.1, 0.15) is 0 Å². The number of para-hydroxylation sites is 1. The molecule has 7 heteroatoms. The van der Waals surface area contributed by atoms with E-state index in [2.05, 4.69) is 21.9 Å². The van der Waals surface area contributed by atoms with Gasteiger partial charge in [-0.1, -0.05) is 18.2 Å². The Balaban J connectivity index is 1.24. The molecule has 152 valence electrons. The van der Waals surface area contributed by atoms with Gasteiger partial charge in [0, 0.05) is 51.5 Å². The summed E-state index contributed by atoms with van der Waals surface area (Å²) in [7, 11) is 0. The van der Waals surface area contributed by atoms with E-state index in [9.17, 15) is 9.59 Å². The third-order valence-corrected chi connectivity index (χ3v) is 5.96. The van der Waals surface area contributed by atoms with E-state index in [4.69, 9.17) is 4.74 Å². The lowest BCUT2D eigenvalue weighted by Crippen LogP contribution is -2.53. The molecule has 2 saturated heterocycles. The molecule has 7 nitrogen and oxygen atoms in total. The van der Waals surface area contributed by atoms with Gasteiger partial charge in [-0.05, 0) is 24.5 Å². The van der Waals surface area contributed by atoms with E-state index in [0.29, 0.717) is 39.4 Å². The summed E-state index contributed by atoms with van der Waals surface area (Å²) >= 11 is 0. The molecule has 0 N–H and O–H groups in total. The Bertz CT molecular complexity index is 697. The molecule has 3 aliphatic heterocycles. The number of hydrogen-bond donors (Lipinski definition) is 0. The van der Waals surface area contributed by atoms with E-state index in [1.807, 2.05) is 21.9 Å². The van der Waals surface area contributed by atoms with Crippen molar-refractivity contribution < 1.29 is 14.3 Å². The summed E-state index contributed by atoms with van der Waals surface area (Å²) in [4.78, 5) is 33.6. The van der Waals surface area contributed by atoms with Crippen molar-refractivity contribution in [3.63, 3.8) is 0 Å². The van der Waals surface area contributed by atoms with E-state index in [0.717, 1.165) is 51.3 Å². The molecule has 2 amide bonds. The lowest BCUT2D eigenvalue weighted by atomic mass is 10.0. The normalized spacial score (nSPS) is 21.4. The van der Waals surface area contributed by atoms with Crippen LogP contribution in [0.4, 0.5) is 5.69 Å². The number of rotatable bonds is 4. The van der Waals surface area contributed by atoms with Crippen LogP contribution in [0.1, 0.15) is 12.0 Å². The van der Waals surface area contributed by atoms with Gasteiger partial charge in [-0.15, -0.1) is 0 Å². The molecule has 3 aliphatic rings. The monoisotopic (exact) mass is 386 g/mol. The van der Waals surface area contributed by atoms with Crippen LogP contribution in [0.25, 0.3) is 0 Å². The number of morpholine rings is 1. The molecule has 0 aromatic heterocycles. The molecule has 0 radical (unpaired) electrons. The van der Waals surface area contributed by atoms with E-state index >= 15 is 0 Å². The Kier molecular flexibility index (Phi) is 6.24. The van der Waals surface area contributed by atoms with Gasteiger partial charge in [-0.3, -0.25) is 19.4 Å². The highest BCUT2D eigenvalue weighted by molar-refractivity contribution is 5.96. The first-order valence-corrected chi connectivity index (χ1v) is 10.4. The van der Waals surface area contributed by atoms with Crippen LogP contribution < -0.4 is 4.90 Å². The van der Waals surface area contributed by atoms with Crippen LogP contribution >= 0.6 is 0 Å². The number of hydrogen-bond acceptors (Lipinski definition) is 5. The Hall–Kier alpha value is -1.96. The fourth-order valence-corrected chi connectivity index (χ4v) is 4.28. The highest BCUT2D eigenvalue weighted by Gasteiger charge is 2.27. The number of ether oxygens (including phenoxy) is 1. The fraction of sp³-hybridized carbons (Fsp3) is 0.619. The minimum absolute atomic E-state index is 0.185. The molecule has 0 spiro atoms. The maximum Gasteiger partial charge on any atom is 0.241 e. The number of nitrogens with zero attached hydrogens (tertiary/aromatic N) is 4. The van der Waals surface area contributed by atoms with Crippen LogP contribution in [0.2, 0.25) is 0 Å². The molecule has 1 aromatic rings. The zero-order chi connectivity index (χ0) is 19.3. The number of carbonyl (C=O) groups excluding carboxylic acids is 2. The molecule has 0 saturated carbocycles. The van der Waals surface area contributed by atoms with E-state index in [-0.39, 0.29) is 11.8 Å². The first-order chi connectivity index (χ1) is 13.7. The van der Waals surface area contributed by atoms with Crippen molar-refractivity contribution in [1.82, 2.24) is 14.7 Å². The lowest BCUT2D eigenvalue weighted by Gasteiger charge is -2.37. The van der Waals surface area contributed by atoms with Crippen LogP contribution in [0.3, 0.4) is 0 Å². The summed E-state index contributed by atoms with van der Waals surface area (Å²) in [5.41, 5.74) is 2.35. The van der Waals surface area contributed by atoms with Gasteiger partial charge in [0.25, 0.3) is 0 Å². The van der Waals surface area contributed by atoms with Crippen molar-refractivity contribution in [1.29, 1.82) is 0 Å². The summed E-state index contributed by atoms with van der Waals surface area (Å²) in [6.07, 6.45) is 2.08. The van der Waals surface area contributed by atoms with Gasteiger partial charge >= 0.3 is 0 Å². The van der Waals surface area contributed by atoms with E-state index in [1.165, 1.54) is 5.56 Å². The second-order valence-electron chi connectivity index (χ2n) is 7.82. The quantitative estimate of drug-likeness (QED) is 0.752. The Labute approximate surface area is 166 Å². The summed E-state index contributed by atoms with van der Waals surface area (Å²) < 4.78 is 5.31. The summed E-state index contributed by atoms with van der Waals surface area (Å²) in [6, 6.07) is 8.24. The number of anilines is 1. The number of carbonyl (C=O) groups is 2. The highest BCUT2D eigenvalue weighted by atomic mass is 16.5. The number of piperazine rings is 1. The molecular formula is C21H30N4O3. The molecule has 3 heterocycles. The maximum absolute atomic E-state index is 12.9. The number of amides is 2. The maximum atomic E-state index is 12.9. The van der Waals surface area contributed by atoms with E-state index < -0.39 is 0 Å². The predicted octanol–water partition coefficient (Wildman–Crippen LogP) is 0.442. The molecule has 0 unspecified atom stereocenters. The molecule has 0 atom stereocenters. The highest BCUT2D eigenvalue weighted by Crippen LogP contribution is 2.26. The molecule has 28 heavy (non-hydrogen) atoms. The molecule has 2 fully saturated rings. The first kappa shape index (κ1) is 19.4. The second kappa shape index (κ2) is 9.03. The van der Waals surface area contributed by atoms with Gasteiger partial charge in [0.2, 0.25) is 11.8 Å². The molecule has 1 aromatic carbocycles. The third kappa shape index (κ3) is 4.54. The van der Waals surface area contributed by atoms with Crippen molar-refractivity contribution in [3.05, 3.63) is 29.8 Å². The zero-order valence-corrected chi connectivity index (χ0v) is 16.5. The van der Waals surface area contributed by atoms with Crippen molar-refractivity contribution in [2.45, 2.75) is 12.8 Å². The molecule has 4 rings (SSSR count). The van der Waals surface area contributed by atoms with Gasteiger partial charge in [-0.2, -0.15) is 0 Å². The standard InChI is InChI=1S/C21H30N4O3/c26-20(24-12-14-28-15-13-24)16-22-8-10-23(11-9-22)17-21(27)25-7-3-5-18-4-1-2-6-19(18)25/h1-2,4,6H,3,5,7-17H2. The Morgan fingerprint density at radius 2 is 1.46 bits per heavy atom. The van der Waals surface area contributed by atoms with Gasteiger partial charge in [0.05, 0.1) is 26.3 Å². The number of aryl methyl sites for hydroxylation is 1. The summed E-state index contributed by atoms with van der Waals surface area (Å²) in [6.45, 7) is 7.75. The van der Waals surface area contributed by atoms with Gasteiger partial charge in [-0.25, -0.2) is 0 Å². The number of fused-ring (bicyclic) bond motifs is 1. The minimum Gasteiger partial charge on any atom is -0.378 e. The van der Waals surface area contributed by atoms with Crippen molar-refractivity contribution >= 4 is 17.5 Å². The van der Waals surface area contributed by atoms with Crippen LogP contribution in [0.15, 0.2) is 24.3 Å². The third-order valence-electron chi connectivity index (χ3n) is 5.96. The average Bonchev–Trinajstić information content (AvgIpc) is 2.75. The number of benzene rings is 1. The predicted molar refractivity (Wildman–Crippen MR) is 107 cm³/mol. The second-order valence-corrected chi connectivity index (χ2v) is 7.82. The molecule has 0 bridgehead atoms. The van der Waals surface area contributed by atoms with Crippen LogP contribution in [-0.2, 0) is 20.7 Å². The Morgan fingerprint density at radius 3 is 2.18 bits per heavy atom. The molecule has 0 aliphatic carbocycles. The Morgan fingerprint density at radius 1 is 0.821 bits per heavy atom. The lowest BCUT2D eigenvalue weighted by molar-refractivity contribution is -0.137. The SMILES string of the molecule is O=C(CN1CCN(CC(=O)N2CCCc3ccccc32)CC1)N1CCOCC1.